The van der Waals surface area contributed by atoms with Crippen LogP contribution in [0.1, 0.15) is 30.5 Å². The molecule has 1 amide bonds. The molecule has 0 bridgehead atoms. The van der Waals surface area contributed by atoms with E-state index in [0.29, 0.717) is 19.3 Å². The Bertz CT molecular complexity index is 473. The quantitative estimate of drug-likeness (QED) is 0.876. The minimum Gasteiger partial charge on any atom is -0.480 e. The Morgan fingerprint density at radius 1 is 1.61 bits per heavy atom. The molecule has 0 aromatic carbocycles. The number of aryl methyl sites for hydroxylation is 1. The molecule has 1 aliphatic rings. The molecular weight excluding hydrogens is 232 g/mol. The van der Waals surface area contributed by atoms with Gasteiger partial charge in [0.2, 0.25) is 5.91 Å². The van der Waals surface area contributed by atoms with Gasteiger partial charge in [0, 0.05) is 12.6 Å². The summed E-state index contributed by atoms with van der Waals surface area (Å²) in [6, 6.07) is 3.02. The molecule has 5 heteroatoms. The standard InChI is InChI=1S/C13H16N2O3/c1-9-4-3-7-14-10(9)8-15-11(13(17)18)5-2-6-12(15)16/h3-4,7,11H,2,5-6,8H2,1H3,(H,17,18)/t11-/m1/s1. The third-order valence-corrected chi connectivity index (χ3v) is 3.29. The number of carboxylic acids is 1. The van der Waals surface area contributed by atoms with E-state index in [1.165, 1.54) is 4.90 Å². The molecular formula is C13H16N2O3. The molecule has 18 heavy (non-hydrogen) atoms. The summed E-state index contributed by atoms with van der Waals surface area (Å²) in [7, 11) is 0. The second kappa shape index (κ2) is 5.16. The van der Waals surface area contributed by atoms with Crippen LogP contribution in [0.4, 0.5) is 0 Å². The zero-order valence-corrected chi connectivity index (χ0v) is 10.3. The molecule has 2 heterocycles. The summed E-state index contributed by atoms with van der Waals surface area (Å²) in [6.07, 6.45) is 3.25. The topological polar surface area (TPSA) is 70.5 Å². The predicted octanol–water partition coefficient (Wildman–Crippen LogP) is 1.36. The number of nitrogens with zero attached hydrogens (tertiary/aromatic N) is 2. The number of hydrogen-bond acceptors (Lipinski definition) is 3. The molecule has 2 rings (SSSR count). The van der Waals surface area contributed by atoms with Gasteiger partial charge in [-0.15, -0.1) is 0 Å². The predicted molar refractivity (Wildman–Crippen MR) is 64.8 cm³/mol. The number of rotatable bonds is 3. The van der Waals surface area contributed by atoms with Crippen LogP contribution in [-0.4, -0.2) is 32.9 Å². The molecule has 1 atom stereocenters. The van der Waals surface area contributed by atoms with Gasteiger partial charge in [0.15, 0.2) is 0 Å². The van der Waals surface area contributed by atoms with E-state index in [0.717, 1.165) is 11.3 Å². The Balaban J connectivity index is 2.21. The first-order valence-corrected chi connectivity index (χ1v) is 6.02. The van der Waals surface area contributed by atoms with Crippen molar-refractivity contribution in [3.8, 4) is 0 Å². The second-order valence-electron chi connectivity index (χ2n) is 4.53. The summed E-state index contributed by atoms with van der Waals surface area (Å²) in [5.74, 6) is -1.03. The molecule has 1 fully saturated rings. The Kier molecular flexibility index (Phi) is 3.60. The van der Waals surface area contributed by atoms with E-state index in [2.05, 4.69) is 4.98 Å². The van der Waals surface area contributed by atoms with Crippen LogP contribution in [0.15, 0.2) is 18.3 Å². The van der Waals surface area contributed by atoms with Crippen molar-refractivity contribution in [2.75, 3.05) is 0 Å². The van der Waals surface area contributed by atoms with Gasteiger partial charge in [-0.05, 0) is 31.4 Å². The summed E-state index contributed by atoms with van der Waals surface area (Å²) in [6.45, 7) is 2.19. The SMILES string of the molecule is Cc1cccnc1CN1C(=O)CCC[C@@H]1C(=O)O. The molecule has 0 spiro atoms. The average molecular weight is 248 g/mol. The third-order valence-electron chi connectivity index (χ3n) is 3.29. The maximum atomic E-state index is 11.9. The number of hydrogen-bond donors (Lipinski definition) is 1. The van der Waals surface area contributed by atoms with Crippen molar-refractivity contribution in [2.24, 2.45) is 0 Å². The fourth-order valence-corrected chi connectivity index (χ4v) is 2.22. The third kappa shape index (κ3) is 2.50. The minimum atomic E-state index is -0.934. The zero-order chi connectivity index (χ0) is 13.1. The Morgan fingerprint density at radius 3 is 3.06 bits per heavy atom. The van der Waals surface area contributed by atoms with Gasteiger partial charge in [-0.1, -0.05) is 6.07 Å². The first-order chi connectivity index (χ1) is 8.59. The van der Waals surface area contributed by atoms with Gasteiger partial charge in [0.25, 0.3) is 0 Å². The number of likely N-dealkylation sites (tertiary alicyclic amines) is 1. The summed E-state index contributed by atoms with van der Waals surface area (Å²) >= 11 is 0. The van der Waals surface area contributed by atoms with Gasteiger partial charge in [0.1, 0.15) is 6.04 Å². The van der Waals surface area contributed by atoms with Gasteiger partial charge in [-0.25, -0.2) is 4.79 Å². The highest BCUT2D eigenvalue weighted by Crippen LogP contribution is 2.21. The zero-order valence-electron chi connectivity index (χ0n) is 10.3. The van der Waals surface area contributed by atoms with Crippen LogP contribution in [0.3, 0.4) is 0 Å². The molecule has 0 aliphatic carbocycles. The lowest BCUT2D eigenvalue weighted by Crippen LogP contribution is -2.47. The molecule has 1 saturated heterocycles. The highest BCUT2D eigenvalue weighted by Gasteiger charge is 2.33. The Hall–Kier alpha value is -1.91. The van der Waals surface area contributed by atoms with Gasteiger partial charge in [0.05, 0.1) is 12.2 Å². The fraction of sp³-hybridized carbons (Fsp3) is 0.462. The van der Waals surface area contributed by atoms with Crippen molar-refractivity contribution >= 4 is 11.9 Å². The van der Waals surface area contributed by atoms with E-state index in [1.54, 1.807) is 6.20 Å². The van der Waals surface area contributed by atoms with E-state index in [9.17, 15) is 9.59 Å². The van der Waals surface area contributed by atoms with Crippen molar-refractivity contribution in [3.63, 3.8) is 0 Å². The highest BCUT2D eigenvalue weighted by atomic mass is 16.4. The molecule has 1 aromatic rings. The number of carbonyl (C=O) groups is 2. The van der Waals surface area contributed by atoms with Crippen molar-refractivity contribution in [2.45, 2.75) is 38.8 Å². The lowest BCUT2D eigenvalue weighted by molar-refractivity contribution is -0.153. The molecule has 96 valence electrons. The number of piperidine rings is 1. The van der Waals surface area contributed by atoms with Crippen LogP contribution >= 0.6 is 0 Å². The summed E-state index contributed by atoms with van der Waals surface area (Å²) in [5, 5.41) is 9.16. The van der Waals surface area contributed by atoms with Crippen LogP contribution in [0.5, 0.6) is 0 Å². The molecule has 5 nitrogen and oxygen atoms in total. The molecule has 0 saturated carbocycles. The number of amides is 1. The van der Waals surface area contributed by atoms with Gasteiger partial charge < -0.3 is 10.0 Å². The molecule has 0 unspecified atom stereocenters. The largest absolute Gasteiger partial charge is 0.480 e. The lowest BCUT2D eigenvalue weighted by atomic mass is 10.0. The number of carboxylic acid groups (broad SMARTS) is 1. The van der Waals surface area contributed by atoms with Gasteiger partial charge in [-0.2, -0.15) is 0 Å². The highest BCUT2D eigenvalue weighted by molar-refractivity contribution is 5.84. The Morgan fingerprint density at radius 2 is 2.39 bits per heavy atom. The van der Waals surface area contributed by atoms with Crippen molar-refractivity contribution < 1.29 is 14.7 Å². The van der Waals surface area contributed by atoms with E-state index >= 15 is 0 Å². The van der Waals surface area contributed by atoms with Crippen LogP contribution in [0.2, 0.25) is 0 Å². The number of carbonyl (C=O) groups excluding carboxylic acids is 1. The summed E-state index contributed by atoms with van der Waals surface area (Å²) in [4.78, 5) is 28.7. The van der Waals surface area contributed by atoms with Gasteiger partial charge >= 0.3 is 5.97 Å². The van der Waals surface area contributed by atoms with E-state index < -0.39 is 12.0 Å². The normalized spacial score (nSPS) is 19.9. The Labute approximate surface area is 105 Å². The molecule has 0 radical (unpaired) electrons. The maximum Gasteiger partial charge on any atom is 0.326 e. The second-order valence-corrected chi connectivity index (χ2v) is 4.53. The fourth-order valence-electron chi connectivity index (χ4n) is 2.22. The van der Waals surface area contributed by atoms with Crippen molar-refractivity contribution in [1.29, 1.82) is 0 Å². The lowest BCUT2D eigenvalue weighted by Gasteiger charge is -2.32. The first-order valence-electron chi connectivity index (χ1n) is 6.02. The van der Waals surface area contributed by atoms with Crippen molar-refractivity contribution in [3.05, 3.63) is 29.6 Å². The van der Waals surface area contributed by atoms with E-state index in [1.807, 2.05) is 19.1 Å². The monoisotopic (exact) mass is 248 g/mol. The number of aliphatic carboxylic acids is 1. The maximum absolute atomic E-state index is 11.9. The summed E-state index contributed by atoms with van der Waals surface area (Å²) in [5.41, 5.74) is 1.74. The van der Waals surface area contributed by atoms with Crippen molar-refractivity contribution in [1.82, 2.24) is 9.88 Å². The number of aromatic nitrogens is 1. The minimum absolute atomic E-state index is 0.0984. The summed E-state index contributed by atoms with van der Waals surface area (Å²) < 4.78 is 0. The molecule has 1 N–H and O–H groups in total. The van der Waals surface area contributed by atoms with E-state index in [-0.39, 0.29) is 12.5 Å². The average Bonchev–Trinajstić information content (AvgIpc) is 2.34. The van der Waals surface area contributed by atoms with Gasteiger partial charge in [-0.3, -0.25) is 9.78 Å². The number of pyridine rings is 1. The van der Waals surface area contributed by atoms with E-state index in [4.69, 9.17) is 5.11 Å². The van der Waals surface area contributed by atoms with Crippen LogP contribution in [-0.2, 0) is 16.1 Å². The van der Waals surface area contributed by atoms with Crippen LogP contribution in [0, 0.1) is 6.92 Å². The van der Waals surface area contributed by atoms with Crippen LogP contribution < -0.4 is 0 Å². The first kappa shape index (κ1) is 12.5. The molecule has 1 aromatic heterocycles. The smallest absolute Gasteiger partial charge is 0.326 e. The van der Waals surface area contributed by atoms with Crippen LogP contribution in [0.25, 0.3) is 0 Å². The molecule has 1 aliphatic heterocycles.